The van der Waals surface area contributed by atoms with Crippen molar-refractivity contribution in [1.82, 2.24) is 16.0 Å². The van der Waals surface area contributed by atoms with Crippen molar-refractivity contribution in [2.45, 2.75) is 92.4 Å². The van der Waals surface area contributed by atoms with Crippen molar-refractivity contribution in [2.24, 2.45) is 23.1 Å². The van der Waals surface area contributed by atoms with Crippen LogP contribution in [0.5, 0.6) is 0 Å². The van der Waals surface area contributed by atoms with Gasteiger partial charge in [0.1, 0.15) is 29.7 Å². The molecule has 40 heavy (non-hydrogen) atoms. The maximum Gasteiger partial charge on any atom is 0.185 e. The number of likely N-dealkylation sites (N-methyl/N-ethyl adjacent to an activating group) is 1. The summed E-state index contributed by atoms with van der Waals surface area (Å²) in [5.74, 6) is -0.0849. The molecule has 15 nitrogen and oxygen atoms in total. The number of rotatable bonds is 13. The summed E-state index contributed by atoms with van der Waals surface area (Å²) >= 11 is 0. The number of hydrogen-bond acceptors (Lipinski definition) is 15. The van der Waals surface area contributed by atoms with Gasteiger partial charge in [-0.3, -0.25) is 0 Å². The molecular formula is C25H50N6O9. The lowest BCUT2D eigenvalue weighted by atomic mass is 9.72. The van der Waals surface area contributed by atoms with Crippen LogP contribution in [0.1, 0.15) is 19.8 Å². The third kappa shape index (κ3) is 8.08. The molecule has 3 rings (SSSR count). The molecule has 1 aliphatic carbocycles. The molecule has 15 heteroatoms. The van der Waals surface area contributed by atoms with Crippen LogP contribution in [-0.2, 0) is 14.2 Å². The van der Waals surface area contributed by atoms with E-state index in [2.05, 4.69) is 16.0 Å². The van der Waals surface area contributed by atoms with Gasteiger partial charge in [-0.1, -0.05) is 0 Å². The van der Waals surface area contributed by atoms with Gasteiger partial charge in [-0.25, -0.2) is 0 Å². The molecule has 0 radical (unpaired) electrons. The highest BCUT2D eigenvalue weighted by molar-refractivity contribution is 5.10. The Balaban J connectivity index is 1.78. The van der Waals surface area contributed by atoms with Crippen LogP contribution >= 0.6 is 0 Å². The second-order valence-electron chi connectivity index (χ2n) is 11.4. The number of hydrogen-bond donors (Lipinski definition) is 12. The lowest BCUT2D eigenvalue weighted by Crippen LogP contribution is -2.69. The number of nitrogens with one attached hydrogen (secondary N) is 3. The Kier molecular flexibility index (Phi) is 12.5. The highest BCUT2D eigenvalue weighted by Gasteiger charge is 2.53. The van der Waals surface area contributed by atoms with E-state index >= 15 is 0 Å². The quantitative estimate of drug-likeness (QED) is 0.0971. The van der Waals surface area contributed by atoms with Crippen molar-refractivity contribution in [2.75, 3.05) is 46.4 Å². The summed E-state index contributed by atoms with van der Waals surface area (Å²) in [6.07, 6.45) is -4.34. The predicted octanol–water partition coefficient (Wildman–Crippen LogP) is -5.64. The summed E-state index contributed by atoms with van der Waals surface area (Å²) in [7, 11) is 1.61. The van der Waals surface area contributed by atoms with Crippen LogP contribution in [0, 0.1) is 5.92 Å². The fraction of sp³-hybridized carbons (Fsp3) is 0.920. The minimum atomic E-state index is -1.35. The molecule has 3 aliphatic rings. The standard InChI is InChI=1S/C25H50N6O9/c1-25(37)11-38-24(20(36)23(25)29-2)40-22-17(31-8-12(33)6-26)5-16(28)18(19(22)35)21-15(27)4-3-14(39-21)9-30-7-13(34)10-32/h3,12-13,15-24,29-37H,4-11,26-28H2,1-2H3. The van der Waals surface area contributed by atoms with Crippen molar-refractivity contribution in [3.05, 3.63) is 11.8 Å². The Hall–Kier alpha value is -1.02. The molecular weight excluding hydrogens is 528 g/mol. The van der Waals surface area contributed by atoms with Gasteiger partial charge < -0.3 is 78.0 Å². The van der Waals surface area contributed by atoms with Gasteiger partial charge in [-0.15, -0.1) is 0 Å². The van der Waals surface area contributed by atoms with E-state index in [1.807, 2.05) is 6.08 Å². The molecule has 0 spiro atoms. The molecule has 2 heterocycles. The maximum atomic E-state index is 11.7. The van der Waals surface area contributed by atoms with Crippen LogP contribution in [-0.4, -0.2) is 150 Å². The van der Waals surface area contributed by atoms with Crippen molar-refractivity contribution >= 4 is 0 Å². The van der Waals surface area contributed by atoms with E-state index < -0.39 is 78.6 Å². The van der Waals surface area contributed by atoms with Crippen molar-refractivity contribution in [3.63, 3.8) is 0 Å². The van der Waals surface area contributed by atoms with Gasteiger partial charge in [0.05, 0.1) is 44.1 Å². The molecule has 15 N–H and O–H groups in total. The molecule has 234 valence electrons. The minimum absolute atomic E-state index is 0.0368. The highest BCUT2D eigenvalue weighted by Crippen LogP contribution is 2.36. The van der Waals surface area contributed by atoms with E-state index in [4.69, 9.17) is 36.5 Å². The Morgan fingerprint density at radius 1 is 1.15 bits per heavy atom. The molecule has 0 amide bonds. The first-order valence-electron chi connectivity index (χ1n) is 13.9. The van der Waals surface area contributed by atoms with E-state index in [-0.39, 0.29) is 39.4 Å². The fourth-order valence-electron chi connectivity index (χ4n) is 5.82. The molecule has 2 aliphatic heterocycles. The van der Waals surface area contributed by atoms with Gasteiger partial charge >= 0.3 is 0 Å². The number of ether oxygens (including phenoxy) is 3. The van der Waals surface area contributed by atoms with Crippen LogP contribution < -0.4 is 33.2 Å². The van der Waals surface area contributed by atoms with Gasteiger partial charge in [-0.2, -0.15) is 0 Å². The molecule has 0 aromatic heterocycles. The topological polar surface area (TPSA) is 263 Å². The zero-order chi connectivity index (χ0) is 29.6. The lowest BCUT2D eigenvalue weighted by Gasteiger charge is -2.50. The molecule has 1 saturated heterocycles. The molecule has 0 aromatic carbocycles. The molecule has 13 unspecified atom stereocenters. The molecule has 0 aromatic rings. The van der Waals surface area contributed by atoms with Crippen molar-refractivity contribution in [3.8, 4) is 0 Å². The first-order chi connectivity index (χ1) is 18.9. The van der Waals surface area contributed by atoms with Crippen molar-refractivity contribution in [1.29, 1.82) is 0 Å². The minimum Gasteiger partial charge on any atom is -0.492 e. The normalized spacial score (nSPS) is 42.1. The van der Waals surface area contributed by atoms with Gasteiger partial charge in [0.25, 0.3) is 0 Å². The van der Waals surface area contributed by atoms with E-state index in [0.29, 0.717) is 18.6 Å². The first kappa shape index (κ1) is 33.5. The summed E-state index contributed by atoms with van der Waals surface area (Å²) in [5.41, 5.74) is 17.2. The zero-order valence-corrected chi connectivity index (χ0v) is 23.3. The SMILES string of the molecule is CNC1C(O)C(OC2C(NCC(O)CN)CC(N)C(C3OC(CNCC(O)CO)=CCC3N)C2O)OCC1(C)O. The second kappa shape index (κ2) is 14.9. The summed E-state index contributed by atoms with van der Waals surface area (Å²) in [4.78, 5) is 0. The molecule has 13 atom stereocenters. The Bertz CT molecular complexity index is 811. The molecule has 1 saturated carbocycles. The van der Waals surface area contributed by atoms with Crippen molar-refractivity contribution < 1.29 is 44.8 Å². The third-order valence-corrected chi connectivity index (χ3v) is 8.06. The third-order valence-electron chi connectivity index (χ3n) is 8.06. The summed E-state index contributed by atoms with van der Waals surface area (Å²) in [5, 5.41) is 71.0. The monoisotopic (exact) mass is 578 g/mol. The lowest BCUT2D eigenvalue weighted by molar-refractivity contribution is -0.298. The van der Waals surface area contributed by atoms with E-state index in [0.717, 1.165) is 0 Å². The van der Waals surface area contributed by atoms with Crippen LogP contribution in [0.2, 0.25) is 0 Å². The largest absolute Gasteiger partial charge is 0.492 e. The smallest absolute Gasteiger partial charge is 0.185 e. The van der Waals surface area contributed by atoms with Gasteiger partial charge in [0.15, 0.2) is 6.29 Å². The highest BCUT2D eigenvalue weighted by atomic mass is 16.7. The average Bonchev–Trinajstić information content (AvgIpc) is 2.91. The fourth-order valence-corrected chi connectivity index (χ4v) is 5.82. The molecule has 2 fully saturated rings. The van der Waals surface area contributed by atoms with Gasteiger partial charge in [-0.05, 0) is 32.9 Å². The maximum absolute atomic E-state index is 11.7. The van der Waals surface area contributed by atoms with Crippen LogP contribution in [0.4, 0.5) is 0 Å². The summed E-state index contributed by atoms with van der Waals surface area (Å²) in [6.45, 7) is 1.68. The Labute approximate surface area is 235 Å². The second-order valence-corrected chi connectivity index (χ2v) is 11.4. The van der Waals surface area contributed by atoms with E-state index in [1.165, 1.54) is 0 Å². The summed E-state index contributed by atoms with van der Waals surface area (Å²) in [6, 6.07) is -2.33. The van der Waals surface area contributed by atoms with E-state index in [1.54, 1.807) is 14.0 Å². The van der Waals surface area contributed by atoms with Crippen LogP contribution in [0.25, 0.3) is 0 Å². The number of aliphatic hydroxyl groups excluding tert-OH is 5. The van der Waals surface area contributed by atoms with Gasteiger partial charge in [0.2, 0.25) is 0 Å². The van der Waals surface area contributed by atoms with Crippen LogP contribution in [0.3, 0.4) is 0 Å². The van der Waals surface area contributed by atoms with Gasteiger partial charge in [0, 0.05) is 43.7 Å². The number of nitrogens with two attached hydrogens (primary N) is 3. The molecule has 0 bridgehead atoms. The van der Waals surface area contributed by atoms with Crippen LogP contribution in [0.15, 0.2) is 11.8 Å². The average molecular weight is 579 g/mol. The number of aliphatic hydroxyl groups is 6. The Morgan fingerprint density at radius 3 is 2.52 bits per heavy atom. The Morgan fingerprint density at radius 2 is 1.88 bits per heavy atom. The first-order valence-corrected chi connectivity index (χ1v) is 13.9. The van der Waals surface area contributed by atoms with E-state index in [9.17, 15) is 25.5 Å². The zero-order valence-electron chi connectivity index (χ0n) is 23.3. The predicted molar refractivity (Wildman–Crippen MR) is 145 cm³/mol. The summed E-state index contributed by atoms with van der Waals surface area (Å²) < 4.78 is 18.1.